The molecule has 2 nitrogen and oxygen atoms in total. The number of nitrogen functional groups attached to an aromatic ring is 1. The number of nitrogens with two attached hydrogens (primary N) is 1. The predicted octanol–water partition coefficient (Wildman–Crippen LogP) is 4.29. The molecule has 0 fully saturated rings. The fourth-order valence-corrected chi connectivity index (χ4v) is 2.95. The number of hydrogen-bond donors (Lipinski definition) is 1. The SMILES string of the molecule is Cc1ccc(Cc2nc(-c3ccccc3)cs2)cc1N. The molecule has 0 amide bonds. The average molecular weight is 280 g/mol. The van der Waals surface area contributed by atoms with Gasteiger partial charge in [-0.3, -0.25) is 0 Å². The summed E-state index contributed by atoms with van der Waals surface area (Å²) in [5, 5.41) is 3.23. The van der Waals surface area contributed by atoms with Gasteiger partial charge in [0.1, 0.15) is 0 Å². The molecule has 1 heterocycles. The summed E-state index contributed by atoms with van der Waals surface area (Å²) in [7, 11) is 0. The van der Waals surface area contributed by atoms with Crippen molar-refractivity contribution >= 4 is 17.0 Å². The second-order valence-corrected chi connectivity index (χ2v) is 5.80. The van der Waals surface area contributed by atoms with Crippen molar-refractivity contribution in [3.8, 4) is 11.3 Å². The van der Waals surface area contributed by atoms with Crippen molar-refractivity contribution in [2.24, 2.45) is 0 Å². The lowest BCUT2D eigenvalue weighted by molar-refractivity contribution is 1.14. The Kier molecular flexibility index (Phi) is 3.52. The molecule has 20 heavy (non-hydrogen) atoms. The van der Waals surface area contributed by atoms with Gasteiger partial charge >= 0.3 is 0 Å². The van der Waals surface area contributed by atoms with E-state index >= 15 is 0 Å². The maximum Gasteiger partial charge on any atom is 0.0976 e. The Morgan fingerprint density at radius 1 is 1.10 bits per heavy atom. The van der Waals surface area contributed by atoms with Crippen molar-refractivity contribution in [2.75, 3.05) is 5.73 Å². The van der Waals surface area contributed by atoms with Gasteiger partial charge in [-0.15, -0.1) is 11.3 Å². The van der Waals surface area contributed by atoms with Gasteiger partial charge in [0, 0.05) is 23.1 Å². The smallest absolute Gasteiger partial charge is 0.0976 e. The first-order valence-corrected chi connectivity index (χ1v) is 7.45. The van der Waals surface area contributed by atoms with Crippen LogP contribution >= 0.6 is 11.3 Å². The quantitative estimate of drug-likeness (QED) is 0.727. The number of aryl methyl sites for hydroxylation is 1. The lowest BCUT2D eigenvalue weighted by Crippen LogP contribution is -1.93. The summed E-state index contributed by atoms with van der Waals surface area (Å²) in [5.41, 5.74) is 11.3. The van der Waals surface area contributed by atoms with Crippen LogP contribution in [0.1, 0.15) is 16.1 Å². The normalized spacial score (nSPS) is 10.7. The number of hydrogen-bond acceptors (Lipinski definition) is 3. The van der Waals surface area contributed by atoms with Gasteiger partial charge < -0.3 is 5.73 Å². The zero-order valence-electron chi connectivity index (χ0n) is 11.3. The molecule has 3 heteroatoms. The lowest BCUT2D eigenvalue weighted by Gasteiger charge is -2.03. The Labute approximate surface area is 122 Å². The molecule has 2 aromatic carbocycles. The molecule has 0 saturated carbocycles. The number of rotatable bonds is 3. The van der Waals surface area contributed by atoms with E-state index in [1.807, 2.05) is 31.2 Å². The Morgan fingerprint density at radius 2 is 1.90 bits per heavy atom. The molecule has 2 N–H and O–H groups in total. The molecule has 0 aliphatic rings. The summed E-state index contributed by atoms with van der Waals surface area (Å²) in [6, 6.07) is 16.5. The van der Waals surface area contributed by atoms with Gasteiger partial charge in [0.25, 0.3) is 0 Å². The highest BCUT2D eigenvalue weighted by molar-refractivity contribution is 7.10. The fraction of sp³-hybridized carbons (Fsp3) is 0.118. The van der Waals surface area contributed by atoms with Gasteiger partial charge in [-0.05, 0) is 24.1 Å². The van der Waals surface area contributed by atoms with Crippen molar-refractivity contribution in [2.45, 2.75) is 13.3 Å². The summed E-state index contributed by atoms with van der Waals surface area (Å²) in [6.45, 7) is 2.02. The molecule has 0 aliphatic heterocycles. The first kappa shape index (κ1) is 12.9. The van der Waals surface area contributed by atoms with E-state index in [-0.39, 0.29) is 0 Å². The highest BCUT2D eigenvalue weighted by Crippen LogP contribution is 2.24. The van der Waals surface area contributed by atoms with E-state index < -0.39 is 0 Å². The first-order valence-electron chi connectivity index (χ1n) is 6.57. The summed E-state index contributed by atoms with van der Waals surface area (Å²) < 4.78 is 0. The number of benzene rings is 2. The van der Waals surface area contributed by atoms with Gasteiger partial charge in [0.05, 0.1) is 10.7 Å². The van der Waals surface area contributed by atoms with Gasteiger partial charge in [-0.1, -0.05) is 42.5 Å². The first-order chi connectivity index (χ1) is 9.72. The van der Waals surface area contributed by atoms with E-state index in [4.69, 9.17) is 10.7 Å². The third-order valence-corrected chi connectivity index (χ3v) is 4.17. The third kappa shape index (κ3) is 2.73. The Hall–Kier alpha value is -2.13. The largest absolute Gasteiger partial charge is 0.399 e. The topological polar surface area (TPSA) is 38.9 Å². The minimum atomic E-state index is 0.835. The number of anilines is 1. The van der Waals surface area contributed by atoms with E-state index in [0.29, 0.717) is 0 Å². The molecule has 3 aromatic rings. The van der Waals surface area contributed by atoms with Gasteiger partial charge in [-0.25, -0.2) is 4.98 Å². The van der Waals surface area contributed by atoms with E-state index in [1.165, 1.54) is 11.1 Å². The van der Waals surface area contributed by atoms with Crippen LogP contribution in [0, 0.1) is 6.92 Å². The van der Waals surface area contributed by atoms with E-state index in [9.17, 15) is 0 Å². The summed E-state index contributed by atoms with van der Waals surface area (Å²) in [4.78, 5) is 4.71. The predicted molar refractivity (Wildman–Crippen MR) is 85.9 cm³/mol. The maximum atomic E-state index is 5.95. The number of nitrogens with zero attached hydrogens (tertiary/aromatic N) is 1. The molecule has 0 aliphatic carbocycles. The van der Waals surface area contributed by atoms with Gasteiger partial charge in [-0.2, -0.15) is 0 Å². The van der Waals surface area contributed by atoms with Crippen LogP contribution in [0.4, 0.5) is 5.69 Å². The van der Waals surface area contributed by atoms with Crippen LogP contribution in [-0.2, 0) is 6.42 Å². The Balaban J connectivity index is 1.82. The molecule has 0 radical (unpaired) electrons. The summed E-state index contributed by atoms with van der Waals surface area (Å²) >= 11 is 1.70. The highest BCUT2D eigenvalue weighted by atomic mass is 32.1. The Bertz CT molecular complexity index is 717. The molecule has 0 saturated heterocycles. The van der Waals surface area contributed by atoms with Crippen molar-refractivity contribution in [3.05, 3.63) is 70.0 Å². The lowest BCUT2D eigenvalue weighted by atomic mass is 10.1. The molecular formula is C17H16N2S. The standard InChI is InChI=1S/C17H16N2S/c1-12-7-8-13(9-15(12)18)10-17-19-16(11-20-17)14-5-3-2-4-6-14/h2-9,11H,10,18H2,1H3. The summed E-state index contributed by atoms with van der Waals surface area (Å²) in [6.07, 6.45) is 0.835. The van der Waals surface area contributed by atoms with E-state index in [0.717, 1.165) is 28.4 Å². The van der Waals surface area contributed by atoms with Crippen molar-refractivity contribution < 1.29 is 0 Å². The zero-order valence-corrected chi connectivity index (χ0v) is 12.2. The molecule has 1 aromatic heterocycles. The van der Waals surface area contributed by atoms with Gasteiger partial charge in [0.2, 0.25) is 0 Å². The van der Waals surface area contributed by atoms with Crippen LogP contribution in [0.3, 0.4) is 0 Å². The van der Waals surface area contributed by atoms with Crippen LogP contribution in [0.5, 0.6) is 0 Å². The van der Waals surface area contributed by atoms with E-state index in [1.54, 1.807) is 11.3 Å². The molecule has 3 rings (SSSR count). The van der Waals surface area contributed by atoms with Crippen LogP contribution in [0.25, 0.3) is 11.3 Å². The molecular weight excluding hydrogens is 264 g/mol. The zero-order chi connectivity index (χ0) is 13.9. The van der Waals surface area contributed by atoms with Crippen molar-refractivity contribution in [1.29, 1.82) is 0 Å². The fourth-order valence-electron chi connectivity index (χ4n) is 2.11. The number of thiazole rings is 1. The van der Waals surface area contributed by atoms with Crippen molar-refractivity contribution in [1.82, 2.24) is 4.98 Å². The average Bonchev–Trinajstić information content (AvgIpc) is 2.92. The molecule has 0 atom stereocenters. The molecule has 0 unspecified atom stereocenters. The molecule has 100 valence electrons. The number of aromatic nitrogens is 1. The van der Waals surface area contributed by atoms with Crippen LogP contribution in [0.15, 0.2) is 53.9 Å². The summed E-state index contributed by atoms with van der Waals surface area (Å²) in [5.74, 6) is 0. The highest BCUT2D eigenvalue weighted by Gasteiger charge is 2.06. The van der Waals surface area contributed by atoms with Crippen LogP contribution in [0.2, 0.25) is 0 Å². The van der Waals surface area contributed by atoms with E-state index in [2.05, 4.69) is 29.6 Å². The molecule has 0 spiro atoms. The van der Waals surface area contributed by atoms with Crippen LogP contribution < -0.4 is 5.73 Å². The minimum Gasteiger partial charge on any atom is -0.399 e. The minimum absolute atomic E-state index is 0.835. The van der Waals surface area contributed by atoms with Crippen molar-refractivity contribution in [3.63, 3.8) is 0 Å². The van der Waals surface area contributed by atoms with Gasteiger partial charge in [0.15, 0.2) is 0 Å². The third-order valence-electron chi connectivity index (χ3n) is 3.32. The monoisotopic (exact) mass is 280 g/mol. The maximum absolute atomic E-state index is 5.95. The van der Waals surface area contributed by atoms with Crippen LogP contribution in [-0.4, -0.2) is 4.98 Å². The second kappa shape index (κ2) is 5.47. The Morgan fingerprint density at radius 3 is 2.65 bits per heavy atom. The molecule has 0 bridgehead atoms. The second-order valence-electron chi connectivity index (χ2n) is 4.86.